The van der Waals surface area contributed by atoms with Crippen LogP contribution in [0.2, 0.25) is 0 Å². The Hall–Kier alpha value is -2.11. The van der Waals surface area contributed by atoms with Crippen LogP contribution in [0, 0.1) is 11.3 Å². The molecule has 2 rings (SSSR count). The second-order valence-electron chi connectivity index (χ2n) is 5.99. The molecule has 2 aliphatic carbocycles. The minimum Gasteiger partial charge on any atom is -0.481 e. The smallest absolute Gasteiger partial charge is 0.331 e. The Labute approximate surface area is 135 Å². The first-order valence-electron chi connectivity index (χ1n) is 7.82. The fraction of sp³-hybridized carbons (Fsp3) is 0.588. The summed E-state index contributed by atoms with van der Waals surface area (Å²) in [4.78, 5) is 32.4. The third kappa shape index (κ3) is 5.54. The van der Waals surface area contributed by atoms with Crippen LogP contribution in [-0.2, 0) is 19.1 Å². The molecule has 6 nitrogen and oxygen atoms in total. The summed E-state index contributed by atoms with van der Waals surface area (Å²) in [6, 6.07) is 0. The molecule has 1 unspecified atom stereocenters. The van der Waals surface area contributed by atoms with E-state index in [4.69, 9.17) is 14.9 Å². The van der Waals surface area contributed by atoms with Crippen molar-refractivity contribution in [2.45, 2.75) is 46.0 Å². The summed E-state index contributed by atoms with van der Waals surface area (Å²) in [7, 11) is 0. The SMILES string of the molecule is CC1(C(=O)O)C=CC=C(C(=O)O)C1.CCOC(=O)C1CCCC1. The van der Waals surface area contributed by atoms with Crippen LogP contribution in [0.15, 0.2) is 23.8 Å². The van der Waals surface area contributed by atoms with Crippen LogP contribution in [0.5, 0.6) is 0 Å². The van der Waals surface area contributed by atoms with Gasteiger partial charge in [-0.1, -0.05) is 31.1 Å². The van der Waals surface area contributed by atoms with Crippen molar-refractivity contribution < 1.29 is 29.3 Å². The van der Waals surface area contributed by atoms with Gasteiger partial charge < -0.3 is 14.9 Å². The normalized spacial score (nSPS) is 23.5. The molecule has 23 heavy (non-hydrogen) atoms. The summed E-state index contributed by atoms with van der Waals surface area (Å²) < 4.78 is 4.89. The molecule has 0 saturated heterocycles. The van der Waals surface area contributed by atoms with Gasteiger partial charge in [-0.2, -0.15) is 0 Å². The van der Waals surface area contributed by atoms with Gasteiger partial charge >= 0.3 is 17.9 Å². The monoisotopic (exact) mass is 324 g/mol. The molecule has 0 aliphatic heterocycles. The number of allylic oxidation sites excluding steroid dienone is 2. The molecule has 0 spiro atoms. The minimum atomic E-state index is -1.08. The minimum absolute atomic E-state index is 0.0139. The van der Waals surface area contributed by atoms with E-state index in [1.807, 2.05) is 6.92 Å². The predicted octanol–water partition coefficient (Wildman–Crippen LogP) is 2.79. The van der Waals surface area contributed by atoms with Crippen LogP contribution >= 0.6 is 0 Å². The zero-order valence-electron chi connectivity index (χ0n) is 13.6. The van der Waals surface area contributed by atoms with E-state index in [2.05, 4.69) is 0 Å². The third-order valence-electron chi connectivity index (χ3n) is 4.06. The maximum atomic E-state index is 11.0. The van der Waals surface area contributed by atoms with Crippen molar-refractivity contribution in [3.63, 3.8) is 0 Å². The highest BCUT2D eigenvalue weighted by atomic mass is 16.5. The quantitative estimate of drug-likeness (QED) is 0.771. The number of carboxylic acids is 2. The van der Waals surface area contributed by atoms with Crippen molar-refractivity contribution in [1.82, 2.24) is 0 Å². The van der Waals surface area contributed by atoms with Gasteiger partial charge in [-0.15, -0.1) is 0 Å². The Morgan fingerprint density at radius 1 is 1.26 bits per heavy atom. The predicted molar refractivity (Wildman–Crippen MR) is 83.8 cm³/mol. The molecule has 0 aromatic heterocycles. The zero-order chi connectivity index (χ0) is 17.5. The van der Waals surface area contributed by atoms with Gasteiger partial charge in [0.05, 0.1) is 17.9 Å². The number of ether oxygens (including phenoxy) is 1. The Morgan fingerprint density at radius 2 is 1.87 bits per heavy atom. The van der Waals surface area contributed by atoms with E-state index in [1.54, 1.807) is 0 Å². The van der Waals surface area contributed by atoms with Crippen LogP contribution in [0.1, 0.15) is 46.0 Å². The van der Waals surface area contributed by atoms with Crippen molar-refractivity contribution >= 4 is 17.9 Å². The number of carbonyl (C=O) groups excluding carboxylic acids is 1. The molecule has 0 radical (unpaired) electrons. The number of hydrogen-bond acceptors (Lipinski definition) is 4. The molecule has 0 aromatic carbocycles. The molecule has 1 saturated carbocycles. The summed E-state index contributed by atoms with van der Waals surface area (Å²) in [5.74, 6) is -1.83. The third-order valence-corrected chi connectivity index (χ3v) is 4.06. The van der Waals surface area contributed by atoms with E-state index in [0.29, 0.717) is 6.61 Å². The number of carbonyl (C=O) groups is 3. The van der Waals surface area contributed by atoms with Gasteiger partial charge in [0.1, 0.15) is 0 Å². The van der Waals surface area contributed by atoms with Gasteiger partial charge in [0.15, 0.2) is 0 Å². The van der Waals surface area contributed by atoms with Crippen LogP contribution < -0.4 is 0 Å². The second kappa shape index (κ2) is 8.50. The molecule has 2 aliphatic rings. The van der Waals surface area contributed by atoms with Gasteiger partial charge in [-0.25, -0.2) is 4.79 Å². The summed E-state index contributed by atoms with van der Waals surface area (Å²) in [5, 5.41) is 17.5. The maximum absolute atomic E-state index is 11.0. The Balaban J connectivity index is 0.000000238. The first-order valence-corrected chi connectivity index (χ1v) is 7.82. The first-order chi connectivity index (χ1) is 10.8. The lowest BCUT2D eigenvalue weighted by Crippen LogP contribution is -2.28. The summed E-state index contributed by atoms with van der Waals surface area (Å²) >= 11 is 0. The first kappa shape index (κ1) is 18.9. The van der Waals surface area contributed by atoms with Gasteiger partial charge in [0.2, 0.25) is 0 Å². The number of aliphatic carboxylic acids is 2. The lowest BCUT2D eigenvalue weighted by molar-refractivity contribution is -0.148. The van der Waals surface area contributed by atoms with E-state index in [9.17, 15) is 14.4 Å². The standard InChI is InChI=1S/C9H10O4.C8H14O2/c1-9(8(12)13)4-2-3-6(5-9)7(10)11;1-2-10-8(9)7-5-3-4-6-7/h2-4H,5H2,1H3,(H,10,11)(H,12,13);7H,2-6H2,1H3. The molecule has 0 aromatic rings. The van der Waals surface area contributed by atoms with E-state index in [-0.39, 0.29) is 23.9 Å². The summed E-state index contributed by atoms with van der Waals surface area (Å²) in [6.07, 6.45) is 8.91. The highest BCUT2D eigenvalue weighted by Gasteiger charge is 2.34. The van der Waals surface area contributed by atoms with Crippen molar-refractivity contribution in [2.24, 2.45) is 11.3 Å². The summed E-state index contributed by atoms with van der Waals surface area (Å²) in [5.41, 5.74) is -0.949. The van der Waals surface area contributed by atoms with Crippen molar-refractivity contribution in [1.29, 1.82) is 0 Å². The maximum Gasteiger partial charge on any atom is 0.331 e. The lowest BCUT2D eigenvalue weighted by atomic mass is 9.80. The van der Waals surface area contributed by atoms with Gasteiger partial charge in [-0.3, -0.25) is 9.59 Å². The molecule has 128 valence electrons. The Morgan fingerprint density at radius 3 is 2.35 bits per heavy atom. The van der Waals surface area contributed by atoms with Crippen LogP contribution in [0.4, 0.5) is 0 Å². The molecular weight excluding hydrogens is 300 g/mol. The fourth-order valence-electron chi connectivity index (χ4n) is 2.61. The second-order valence-corrected chi connectivity index (χ2v) is 5.99. The van der Waals surface area contributed by atoms with E-state index in [0.717, 1.165) is 12.8 Å². The fourth-order valence-corrected chi connectivity index (χ4v) is 2.61. The van der Waals surface area contributed by atoms with E-state index < -0.39 is 17.4 Å². The Bertz CT molecular complexity index is 513. The van der Waals surface area contributed by atoms with Crippen molar-refractivity contribution in [3.05, 3.63) is 23.8 Å². The average molecular weight is 324 g/mol. The van der Waals surface area contributed by atoms with Gasteiger partial charge in [0.25, 0.3) is 0 Å². The van der Waals surface area contributed by atoms with Crippen molar-refractivity contribution in [2.75, 3.05) is 6.61 Å². The number of rotatable bonds is 4. The summed E-state index contributed by atoms with van der Waals surface area (Å²) in [6.45, 7) is 3.88. The topological polar surface area (TPSA) is 101 Å². The van der Waals surface area contributed by atoms with Crippen LogP contribution in [-0.4, -0.2) is 34.7 Å². The molecular formula is C17H24O6. The average Bonchev–Trinajstić information content (AvgIpc) is 3.02. The van der Waals surface area contributed by atoms with E-state index in [1.165, 1.54) is 38.0 Å². The number of hydrogen-bond donors (Lipinski definition) is 2. The molecule has 0 amide bonds. The van der Waals surface area contributed by atoms with E-state index >= 15 is 0 Å². The molecule has 0 bridgehead atoms. The molecule has 6 heteroatoms. The lowest BCUT2D eigenvalue weighted by Gasteiger charge is -2.23. The largest absolute Gasteiger partial charge is 0.481 e. The molecule has 1 fully saturated rings. The zero-order valence-corrected chi connectivity index (χ0v) is 13.6. The van der Waals surface area contributed by atoms with Gasteiger partial charge in [-0.05, 0) is 33.1 Å². The Kier molecular flexibility index (Phi) is 7.00. The molecule has 2 N–H and O–H groups in total. The molecule has 1 atom stereocenters. The van der Waals surface area contributed by atoms with Crippen LogP contribution in [0.25, 0.3) is 0 Å². The highest BCUT2D eigenvalue weighted by molar-refractivity contribution is 5.90. The number of esters is 1. The highest BCUT2D eigenvalue weighted by Crippen LogP contribution is 2.31. The van der Waals surface area contributed by atoms with Crippen LogP contribution in [0.3, 0.4) is 0 Å². The van der Waals surface area contributed by atoms with Gasteiger partial charge in [0, 0.05) is 5.57 Å². The molecule has 0 heterocycles. The number of carboxylic acid groups (broad SMARTS) is 2. The van der Waals surface area contributed by atoms with Crippen molar-refractivity contribution in [3.8, 4) is 0 Å².